The second kappa shape index (κ2) is 13.3. The summed E-state index contributed by atoms with van der Waals surface area (Å²) < 4.78 is 77.4. The summed E-state index contributed by atoms with van der Waals surface area (Å²) in [5.41, 5.74) is 0.695. The van der Waals surface area contributed by atoms with Crippen LogP contribution in [-0.2, 0) is 40.4 Å². The molecular formula is C28H31F4N3O5S. The van der Waals surface area contributed by atoms with Crippen LogP contribution in [0.1, 0.15) is 40.8 Å². The number of amides is 1. The molecule has 222 valence electrons. The van der Waals surface area contributed by atoms with Gasteiger partial charge in [-0.15, -0.1) is 0 Å². The fraction of sp³-hybridized carbons (Fsp3) is 0.321. The molecule has 0 saturated heterocycles. The van der Waals surface area contributed by atoms with Crippen LogP contribution in [0.3, 0.4) is 0 Å². The monoisotopic (exact) mass is 597 g/mol. The third-order valence-electron chi connectivity index (χ3n) is 6.08. The maximum absolute atomic E-state index is 13.5. The van der Waals surface area contributed by atoms with Crippen LogP contribution in [-0.4, -0.2) is 43.4 Å². The standard InChI is InChI=1S/C28H31F4N3O5S/c1-17(33-16-26(37)21-7-9-25(36)24(14-21)35-41(2,39)40)10-18-4-3-5-19(11-18)13-27(38)34-15-20-6-8-23(29)22(12-20)28(30,31)32/h3-9,11-12,14,17,26,33,35-37H,10,13,15-16H2,1-2H3,(H,34,38)/t17-,26-/m1/s1. The lowest BCUT2D eigenvalue weighted by molar-refractivity contribution is -0.140. The van der Waals surface area contributed by atoms with Crippen LogP contribution >= 0.6 is 0 Å². The van der Waals surface area contributed by atoms with Crippen LogP contribution < -0.4 is 15.4 Å². The molecule has 0 aliphatic carbocycles. The second-order valence-electron chi connectivity index (χ2n) is 9.77. The van der Waals surface area contributed by atoms with Crippen molar-refractivity contribution in [2.45, 2.75) is 44.6 Å². The zero-order valence-electron chi connectivity index (χ0n) is 22.3. The number of nitrogens with one attached hydrogen (secondary N) is 3. The molecule has 0 unspecified atom stereocenters. The van der Waals surface area contributed by atoms with Crippen LogP contribution in [0.5, 0.6) is 5.75 Å². The highest BCUT2D eigenvalue weighted by Crippen LogP contribution is 2.32. The number of alkyl halides is 3. The molecular weight excluding hydrogens is 566 g/mol. The van der Waals surface area contributed by atoms with E-state index in [1.165, 1.54) is 24.3 Å². The summed E-state index contributed by atoms with van der Waals surface area (Å²) in [5, 5.41) is 26.2. The van der Waals surface area contributed by atoms with Crippen molar-refractivity contribution in [3.8, 4) is 5.75 Å². The summed E-state index contributed by atoms with van der Waals surface area (Å²) in [5.74, 6) is -2.06. The number of rotatable bonds is 12. The molecule has 0 saturated carbocycles. The van der Waals surface area contributed by atoms with Gasteiger partial charge in [0.2, 0.25) is 15.9 Å². The summed E-state index contributed by atoms with van der Waals surface area (Å²) in [6.45, 7) is 1.86. The van der Waals surface area contributed by atoms with Gasteiger partial charge in [0.1, 0.15) is 11.6 Å². The first kappa shape index (κ1) is 31.8. The Kier molecular flexibility index (Phi) is 10.3. The minimum absolute atomic E-state index is 0.00755. The van der Waals surface area contributed by atoms with Crippen molar-refractivity contribution in [3.63, 3.8) is 0 Å². The number of aliphatic hydroxyl groups excluding tert-OH is 1. The van der Waals surface area contributed by atoms with Gasteiger partial charge in [0.15, 0.2) is 0 Å². The molecule has 3 rings (SSSR count). The van der Waals surface area contributed by atoms with Crippen molar-refractivity contribution in [2.24, 2.45) is 0 Å². The SMILES string of the molecule is C[C@H](Cc1cccc(CC(=O)NCc2ccc(F)c(C(F)(F)F)c2)c1)NC[C@@H](O)c1ccc(O)c(NS(C)(=O)=O)c1. The molecule has 0 fully saturated rings. The zero-order valence-corrected chi connectivity index (χ0v) is 23.1. The van der Waals surface area contributed by atoms with Crippen LogP contribution in [0.2, 0.25) is 0 Å². The molecule has 41 heavy (non-hydrogen) atoms. The van der Waals surface area contributed by atoms with Crippen molar-refractivity contribution < 1.29 is 41.0 Å². The molecule has 3 aromatic carbocycles. The number of carbonyl (C=O) groups is 1. The lowest BCUT2D eigenvalue weighted by atomic mass is 10.0. The average Bonchev–Trinajstić information content (AvgIpc) is 2.87. The fourth-order valence-corrected chi connectivity index (χ4v) is 4.68. The summed E-state index contributed by atoms with van der Waals surface area (Å²) in [4.78, 5) is 12.4. The number of phenols is 1. The minimum Gasteiger partial charge on any atom is -0.506 e. The van der Waals surface area contributed by atoms with E-state index in [1.54, 1.807) is 12.1 Å². The molecule has 0 bridgehead atoms. The highest BCUT2D eigenvalue weighted by Gasteiger charge is 2.34. The molecule has 1 amide bonds. The molecule has 0 aliphatic rings. The minimum atomic E-state index is -4.83. The summed E-state index contributed by atoms with van der Waals surface area (Å²) >= 11 is 0. The summed E-state index contributed by atoms with van der Waals surface area (Å²) in [6, 6.07) is 13.8. The maximum atomic E-state index is 13.5. The van der Waals surface area contributed by atoms with Crippen molar-refractivity contribution in [1.29, 1.82) is 0 Å². The molecule has 0 aliphatic heterocycles. The number of halogens is 4. The Hall–Kier alpha value is -3.68. The molecule has 8 nitrogen and oxygen atoms in total. The van der Waals surface area contributed by atoms with Gasteiger partial charge < -0.3 is 20.8 Å². The first-order chi connectivity index (χ1) is 19.1. The van der Waals surface area contributed by atoms with Gasteiger partial charge in [0.25, 0.3) is 0 Å². The van der Waals surface area contributed by atoms with Gasteiger partial charge in [-0.3, -0.25) is 9.52 Å². The Bertz CT molecular complexity index is 1480. The lowest BCUT2D eigenvalue weighted by Crippen LogP contribution is -2.32. The Morgan fingerprint density at radius 3 is 2.39 bits per heavy atom. The summed E-state index contributed by atoms with van der Waals surface area (Å²) in [6.07, 6.45) is -4.33. The topological polar surface area (TPSA) is 128 Å². The third-order valence-corrected chi connectivity index (χ3v) is 6.67. The van der Waals surface area contributed by atoms with Gasteiger partial charge in [-0.1, -0.05) is 36.4 Å². The van der Waals surface area contributed by atoms with Gasteiger partial charge in [0.05, 0.1) is 30.0 Å². The van der Waals surface area contributed by atoms with Crippen LogP contribution in [0, 0.1) is 5.82 Å². The van der Waals surface area contributed by atoms with E-state index >= 15 is 0 Å². The van der Waals surface area contributed by atoms with Gasteiger partial charge in [-0.05, 0) is 59.9 Å². The number of aromatic hydroxyl groups is 1. The molecule has 5 N–H and O–H groups in total. The molecule has 2 atom stereocenters. The summed E-state index contributed by atoms with van der Waals surface area (Å²) in [7, 11) is -3.62. The van der Waals surface area contributed by atoms with Crippen LogP contribution in [0.25, 0.3) is 0 Å². The fourth-order valence-electron chi connectivity index (χ4n) is 4.11. The second-order valence-corrected chi connectivity index (χ2v) is 11.5. The van der Waals surface area contributed by atoms with E-state index < -0.39 is 39.6 Å². The molecule has 0 radical (unpaired) electrons. The predicted molar refractivity (Wildman–Crippen MR) is 146 cm³/mol. The number of phenolic OH excluding ortho intramolecular Hbond substituents is 1. The van der Waals surface area contributed by atoms with E-state index in [0.717, 1.165) is 17.9 Å². The van der Waals surface area contributed by atoms with E-state index in [4.69, 9.17) is 0 Å². The van der Waals surface area contributed by atoms with Crippen molar-refractivity contribution in [3.05, 3.63) is 94.3 Å². The average molecular weight is 598 g/mol. The first-order valence-corrected chi connectivity index (χ1v) is 14.4. The Morgan fingerprint density at radius 1 is 1.00 bits per heavy atom. The van der Waals surface area contributed by atoms with Crippen molar-refractivity contribution >= 4 is 21.6 Å². The first-order valence-electron chi connectivity index (χ1n) is 12.5. The maximum Gasteiger partial charge on any atom is 0.419 e. The van der Waals surface area contributed by atoms with Crippen LogP contribution in [0.15, 0.2) is 60.7 Å². The highest BCUT2D eigenvalue weighted by atomic mass is 32.2. The van der Waals surface area contributed by atoms with Crippen molar-refractivity contribution in [1.82, 2.24) is 10.6 Å². The van der Waals surface area contributed by atoms with E-state index in [0.29, 0.717) is 23.6 Å². The normalized spacial score (nSPS) is 13.4. The Balaban J connectivity index is 1.52. The number of aliphatic hydroxyl groups is 1. The molecule has 13 heteroatoms. The predicted octanol–water partition coefficient (Wildman–Crippen LogP) is 4.03. The smallest absolute Gasteiger partial charge is 0.419 e. The zero-order chi connectivity index (χ0) is 30.4. The number of anilines is 1. The molecule has 3 aromatic rings. The molecule has 0 spiro atoms. The number of carbonyl (C=O) groups excluding carboxylic acids is 1. The van der Waals surface area contributed by atoms with Gasteiger partial charge in [-0.2, -0.15) is 13.2 Å². The van der Waals surface area contributed by atoms with Crippen LogP contribution in [0.4, 0.5) is 23.2 Å². The molecule has 0 aromatic heterocycles. The van der Waals surface area contributed by atoms with E-state index in [-0.39, 0.29) is 42.6 Å². The van der Waals surface area contributed by atoms with E-state index in [2.05, 4.69) is 15.4 Å². The largest absolute Gasteiger partial charge is 0.506 e. The Morgan fingerprint density at radius 2 is 1.71 bits per heavy atom. The number of benzene rings is 3. The highest BCUT2D eigenvalue weighted by molar-refractivity contribution is 7.92. The lowest BCUT2D eigenvalue weighted by Gasteiger charge is -2.19. The van der Waals surface area contributed by atoms with Crippen molar-refractivity contribution in [2.75, 3.05) is 17.5 Å². The molecule has 0 heterocycles. The van der Waals surface area contributed by atoms with Gasteiger partial charge >= 0.3 is 6.18 Å². The number of hydrogen-bond acceptors (Lipinski definition) is 6. The van der Waals surface area contributed by atoms with Gasteiger partial charge in [0, 0.05) is 19.1 Å². The van der Waals surface area contributed by atoms with E-state index in [9.17, 15) is 41.0 Å². The third kappa shape index (κ3) is 10.0. The van der Waals surface area contributed by atoms with E-state index in [1.807, 2.05) is 19.1 Å². The Labute approximate surface area is 235 Å². The van der Waals surface area contributed by atoms with Gasteiger partial charge in [-0.25, -0.2) is 12.8 Å². The number of sulfonamides is 1. The quantitative estimate of drug-likeness (QED) is 0.159. The number of hydrogen-bond donors (Lipinski definition) is 5.